The molecule has 12 nitrogen and oxygen atoms in total. The summed E-state index contributed by atoms with van der Waals surface area (Å²) in [5.41, 5.74) is 3.29. The molecule has 0 radical (unpaired) electrons. The van der Waals surface area contributed by atoms with Gasteiger partial charge in [-0.3, -0.25) is 24.0 Å². The van der Waals surface area contributed by atoms with E-state index in [0.717, 1.165) is 6.08 Å². The predicted octanol–water partition coefficient (Wildman–Crippen LogP) is 1.48. The van der Waals surface area contributed by atoms with Crippen LogP contribution in [0, 0.1) is 11.8 Å². The third-order valence-corrected chi connectivity index (χ3v) is 7.17. The van der Waals surface area contributed by atoms with Crippen molar-refractivity contribution < 1.29 is 43.4 Å². The molecule has 0 saturated heterocycles. The zero-order chi connectivity index (χ0) is 31.6. The molecule has 0 aromatic rings. The van der Waals surface area contributed by atoms with E-state index in [2.05, 4.69) is 16.1 Å². The van der Waals surface area contributed by atoms with Crippen LogP contribution in [0.15, 0.2) is 58.5 Å². The second-order valence-electron chi connectivity index (χ2n) is 10.6. The SMILES string of the molecule is CO[C@H]1/C=C\C=C(/C)C(=O)NC2=CC(=O)C(NC(C)=O)=C(C[C@@H](C)C[C@H](OC)[C@H](O)[C@@H](C)/C=C(\C)[C@@H]1NOC=O)C2=O. The van der Waals surface area contributed by atoms with Crippen LogP contribution >= 0.6 is 0 Å². The number of hydrogen-bond donors (Lipinski definition) is 4. The first-order valence-corrected chi connectivity index (χ1v) is 13.6. The zero-order valence-electron chi connectivity index (χ0n) is 25.1. The molecule has 42 heavy (non-hydrogen) atoms. The van der Waals surface area contributed by atoms with Gasteiger partial charge in [0, 0.05) is 44.3 Å². The second-order valence-corrected chi connectivity index (χ2v) is 10.6. The number of hydrogen-bond acceptors (Lipinski definition) is 10. The molecule has 0 spiro atoms. The molecule has 2 rings (SSSR count). The normalized spacial score (nSPS) is 31.6. The lowest BCUT2D eigenvalue weighted by molar-refractivity contribution is -0.138. The van der Waals surface area contributed by atoms with Gasteiger partial charge in [0.1, 0.15) is 0 Å². The van der Waals surface area contributed by atoms with E-state index in [1.54, 1.807) is 19.1 Å². The van der Waals surface area contributed by atoms with Gasteiger partial charge < -0.3 is 30.1 Å². The maximum absolute atomic E-state index is 13.5. The van der Waals surface area contributed by atoms with Crippen molar-refractivity contribution in [1.29, 1.82) is 0 Å². The minimum absolute atomic E-state index is 0.0557. The maximum atomic E-state index is 13.5. The van der Waals surface area contributed by atoms with Crippen LogP contribution in [-0.4, -0.2) is 73.5 Å². The number of carbonyl (C=O) groups is 5. The van der Waals surface area contributed by atoms with Crippen molar-refractivity contribution in [2.45, 2.75) is 71.8 Å². The minimum Gasteiger partial charge on any atom is -0.390 e. The van der Waals surface area contributed by atoms with E-state index in [-0.39, 0.29) is 41.4 Å². The van der Waals surface area contributed by atoms with Crippen molar-refractivity contribution in [3.63, 3.8) is 0 Å². The maximum Gasteiger partial charge on any atom is 0.312 e. The zero-order valence-corrected chi connectivity index (χ0v) is 25.1. The molecule has 12 heteroatoms. The van der Waals surface area contributed by atoms with Gasteiger partial charge in [-0.15, -0.1) is 5.48 Å². The highest BCUT2D eigenvalue weighted by Crippen LogP contribution is 2.28. The number of nitrogens with one attached hydrogen (secondary N) is 3. The number of hydroxylamine groups is 1. The van der Waals surface area contributed by atoms with Crippen molar-refractivity contribution in [3.05, 3.63) is 58.5 Å². The van der Waals surface area contributed by atoms with E-state index >= 15 is 0 Å². The predicted molar refractivity (Wildman–Crippen MR) is 153 cm³/mol. The summed E-state index contributed by atoms with van der Waals surface area (Å²) in [6, 6.07) is -0.636. The number of methoxy groups -OCH3 is 2. The highest BCUT2D eigenvalue weighted by Gasteiger charge is 2.33. The van der Waals surface area contributed by atoms with Crippen LogP contribution in [0.1, 0.15) is 47.5 Å². The number of rotatable bonds is 6. The van der Waals surface area contributed by atoms with Crippen LogP contribution in [0.25, 0.3) is 0 Å². The van der Waals surface area contributed by atoms with Crippen molar-refractivity contribution in [1.82, 2.24) is 16.1 Å². The molecule has 0 fully saturated rings. The Hall–Kier alpha value is -3.71. The van der Waals surface area contributed by atoms with Crippen LogP contribution in [0.3, 0.4) is 0 Å². The first-order valence-electron chi connectivity index (χ1n) is 13.6. The molecular formula is C30H41N3O9. The van der Waals surface area contributed by atoms with E-state index in [0.29, 0.717) is 12.0 Å². The van der Waals surface area contributed by atoms with Crippen molar-refractivity contribution in [3.8, 4) is 0 Å². The fraction of sp³-hybridized carbons (Fsp3) is 0.500. The number of Topliss-reactive ketones (excluding diaryl/α,β-unsaturated/α-hetero) is 1. The fourth-order valence-corrected chi connectivity index (χ4v) is 4.91. The van der Waals surface area contributed by atoms with Crippen LogP contribution in [-0.2, 0) is 38.3 Å². The largest absolute Gasteiger partial charge is 0.390 e. The van der Waals surface area contributed by atoms with Gasteiger partial charge in [-0.2, -0.15) is 0 Å². The highest BCUT2D eigenvalue weighted by atomic mass is 16.7. The summed E-state index contributed by atoms with van der Waals surface area (Å²) in [4.78, 5) is 67.0. The number of ketones is 2. The monoisotopic (exact) mass is 587 g/mol. The summed E-state index contributed by atoms with van der Waals surface area (Å²) in [5, 5.41) is 16.2. The van der Waals surface area contributed by atoms with E-state index in [9.17, 15) is 29.1 Å². The van der Waals surface area contributed by atoms with Crippen LogP contribution < -0.4 is 16.1 Å². The lowest BCUT2D eigenvalue weighted by Gasteiger charge is -2.30. The Morgan fingerprint density at radius 1 is 1.14 bits per heavy atom. The fourth-order valence-electron chi connectivity index (χ4n) is 4.91. The Labute approximate surface area is 245 Å². The Morgan fingerprint density at radius 3 is 2.43 bits per heavy atom. The van der Waals surface area contributed by atoms with Crippen LogP contribution in [0.4, 0.5) is 0 Å². The molecule has 0 aromatic carbocycles. The molecule has 2 bridgehead atoms. The summed E-state index contributed by atoms with van der Waals surface area (Å²) >= 11 is 0. The lowest BCUT2D eigenvalue weighted by atomic mass is 9.85. The number of ether oxygens (including phenoxy) is 2. The summed E-state index contributed by atoms with van der Waals surface area (Å²) < 4.78 is 11.2. The van der Waals surface area contributed by atoms with Gasteiger partial charge in [-0.1, -0.05) is 43.7 Å². The Kier molecular flexibility index (Phi) is 13.2. The second kappa shape index (κ2) is 16.1. The molecule has 4 N–H and O–H groups in total. The number of aliphatic hydroxyl groups is 1. The van der Waals surface area contributed by atoms with Gasteiger partial charge in [0.25, 0.3) is 5.91 Å². The lowest BCUT2D eigenvalue weighted by Crippen LogP contribution is -2.41. The van der Waals surface area contributed by atoms with Gasteiger partial charge in [-0.05, 0) is 32.6 Å². The number of carbonyl (C=O) groups excluding carboxylic acids is 5. The summed E-state index contributed by atoms with van der Waals surface area (Å²) in [6.45, 7) is 8.45. The number of aliphatic hydroxyl groups excluding tert-OH is 1. The molecule has 2 amide bonds. The standard InChI is InChI=1S/C30H41N3O9/c1-16-11-21-27(31-20(5)35)23(36)14-22(29(21)38)32-30(39)17(2)9-8-10-24(40-6)26(33-42-15-34)18(3)13-19(4)28(37)25(12-16)41-7/h8-10,13-16,19,24-26,28,33,37H,11-12H2,1-7H3,(H,31,35)(H,32,39)/b10-8-,17-9+,18-13+/t16-,19+,24+,25+,26+,28-/m1/s1. The number of fused-ring (bicyclic) bond motifs is 2. The first kappa shape index (κ1) is 34.5. The number of allylic oxidation sites excluding steroid dienone is 4. The molecule has 1 aliphatic heterocycles. The van der Waals surface area contributed by atoms with Crippen molar-refractivity contribution in [2.75, 3.05) is 14.2 Å². The molecule has 0 saturated carbocycles. The molecule has 1 aliphatic carbocycles. The van der Waals surface area contributed by atoms with E-state index < -0.39 is 53.7 Å². The molecule has 0 unspecified atom stereocenters. The molecular weight excluding hydrogens is 546 g/mol. The van der Waals surface area contributed by atoms with Crippen LogP contribution in [0.2, 0.25) is 0 Å². The van der Waals surface area contributed by atoms with Gasteiger partial charge in [-0.25, -0.2) is 0 Å². The Balaban J connectivity index is 2.62. The molecule has 0 aromatic heterocycles. The average molecular weight is 588 g/mol. The Morgan fingerprint density at radius 2 is 1.83 bits per heavy atom. The molecule has 1 heterocycles. The third kappa shape index (κ3) is 9.15. The molecule has 2 aliphatic rings. The number of amides is 2. The topological polar surface area (TPSA) is 169 Å². The average Bonchev–Trinajstić information content (AvgIpc) is 2.93. The van der Waals surface area contributed by atoms with E-state index in [4.69, 9.17) is 14.3 Å². The first-order chi connectivity index (χ1) is 19.8. The third-order valence-electron chi connectivity index (χ3n) is 7.17. The van der Waals surface area contributed by atoms with Crippen molar-refractivity contribution >= 4 is 29.9 Å². The van der Waals surface area contributed by atoms with Crippen molar-refractivity contribution in [2.24, 2.45) is 11.8 Å². The van der Waals surface area contributed by atoms with Gasteiger partial charge >= 0.3 is 6.47 Å². The molecule has 230 valence electrons. The smallest absolute Gasteiger partial charge is 0.312 e. The summed E-state index contributed by atoms with van der Waals surface area (Å²) in [6.07, 6.45) is 5.63. The van der Waals surface area contributed by atoms with E-state index in [1.165, 1.54) is 34.1 Å². The van der Waals surface area contributed by atoms with Gasteiger partial charge in [0.2, 0.25) is 17.5 Å². The Bertz CT molecular complexity index is 1210. The van der Waals surface area contributed by atoms with Gasteiger partial charge in [0.05, 0.1) is 35.7 Å². The van der Waals surface area contributed by atoms with E-state index in [1.807, 2.05) is 19.9 Å². The van der Waals surface area contributed by atoms with Crippen LogP contribution in [0.5, 0.6) is 0 Å². The van der Waals surface area contributed by atoms with Gasteiger partial charge in [0.15, 0.2) is 0 Å². The molecule has 6 atom stereocenters. The minimum atomic E-state index is -0.966. The summed E-state index contributed by atoms with van der Waals surface area (Å²) in [5.74, 6) is -3.04. The highest BCUT2D eigenvalue weighted by molar-refractivity contribution is 6.24. The summed E-state index contributed by atoms with van der Waals surface area (Å²) in [7, 11) is 2.94. The quantitative estimate of drug-likeness (QED) is 0.155.